The third-order valence-corrected chi connectivity index (χ3v) is 9.37. The zero-order valence-corrected chi connectivity index (χ0v) is 32.7. The van der Waals surface area contributed by atoms with E-state index in [1.165, 1.54) is 4.90 Å². The minimum Gasteiger partial charge on any atom is -0.497 e. The van der Waals surface area contributed by atoms with Gasteiger partial charge in [-0.05, 0) is 79.3 Å². The molecule has 5 atom stereocenters. The second-order valence-corrected chi connectivity index (χ2v) is 15.0. The Labute approximate surface area is 323 Å². The van der Waals surface area contributed by atoms with Crippen LogP contribution in [-0.4, -0.2) is 103 Å². The molecule has 15 heteroatoms. The molecule has 1 saturated carbocycles. The topological polar surface area (TPSA) is 218 Å². The number of rotatable bonds is 10. The molecule has 302 valence electrons. The normalized spacial score (nSPS) is 21.9. The fourth-order valence-corrected chi connectivity index (χ4v) is 6.09. The van der Waals surface area contributed by atoms with Crippen LogP contribution in [0.1, 0.15) is 65.0 Å². The van der Waals surface area contributed by atoms with Crippen molar-refractivity contribution >= 4 is 36.0 Å². The Morgan fingerprint density at radius 1 is 1.00 bits per heavy atom. The number of carboxylic acid groups (broad SMARTS) is 1. The summed E-state index contributed by atoms with van der Waals surface area (Å²) in [6, 6.07) is 9.91. The van der Waals surface area contributed by atoms with Gasteiger partial charge in [-0.25, -0.2) is 0 Å². The SMILES string of the molecule is COc1ccc(C[C@@H]2NC(=O)[C@@H](NC(=O)[C@H](N)C(C)C)Cc3ccc(cc3)OC[C@H](CC(C)C)NC(=O)CN(CC3CC3)C(=O)[C@@H](C)NC2=O)cc1.O=CO. The van der Waals surface area contributed by atoms with Gasteiger partial charge >= 0.3 is 0 Å². The Bertz CT molecular complexity index is 1580. The molecule has 15 nitrogen and oxygen atoms in total. The highest BCUT2D eigenvalue weighted by atomic mass is 16.5. The van der Waals surface area contributed by atoms with Crippen LogP contribution in [0.25, 0.3) is 0 Å². The van der Waals surface area contributed by atoms with E-state index in [2.05, 4.69) is 35.1 Å². The van der Waals surface area contributed by atoms with Crippen LogP contribution in [0, 0.1) is 17.8 Å². The number of carbonyl (C=O) groups excluding carboxylic acids is 5. The molecule has 3 aliphatic rings. The number of fused-ring (bicyclic) bond motifs is 17. The van der Waals surface area contributed by atoms with Crippen LogP contribution in [-0.2, 0) is 41.6 Å². The van der Waals surface area contributed by atoms with Gasteiger partial charge in [0, 0.05) is 19.4 Å². The van der Waals surface area contributed by atoms with Gasteiger partial charge in [0.2, 0.25) is 29.5 Å². The Morgan fingerprint density at radius 2 is 1.64 bits per heavy atom. The highest BCUT2D eigenvalue weighted by Crippen LogP contribution is 2.30. The van der Waals surface area contributed by atoms with Crippen LogP contribution >= 0.6 is 0 Å². The van der Waals surface area contributed by atoms with Crippen molar-refractivity contribution in [1.82, 2.24) is 26.2 Å². The highest BCUT2D eigenvalue weighted by Gasteiger charge is 2.34. The first kappa shape index (κ1) is 44.2. The summed E-state index contributed by atoms with van der Waals surface area (Å²) in [6.45, 7) is 9.54. The van der Waals surface area contributed by atoms with Crippen molar-refractivity contribution in [2.24, 2.45) is 23.5 Å². The molecule has 55 heavy (non-hydrogen) atoms. The summed E-state index contributed by atoms with van der Waals surface area (Å²) in [5.41, 5.74) is 7.62. The first-order valence-electron chi connectivity index (χ1n) is 18.8. The highest BCUT2D eigenvalue weighted by molar-refractivity contribution is 5.95. The van der Waals surface area contributed by atoms with Gasteiger partial charge < -0.3 is 46.5 Å². The number of hydrogen-bond donors (Lipinski definition) is 6. The average molecular weight is 767 g/mol. The molecular formula is C40H58N6O9. The van der Waals surface area contributed by atoms with Crippen LogP contribution in [0.3, 0.4) is 0 Å². The summed E-state index contributed by atoms with van der Waals surface area (Å²) in [4.78, 5) is 78.3. The fourth-order valence-electron chi connectivity index (χ4n) is 6.09. The lowest BCUT2D eigenvalue weighted by Gasteiger charge is -2.29. The second kappa shape index (κ2) is 21.6. The minimum absolute atomic E-state index is 0.0894. The van der Waals surface area contributed by atoms with Crippen LogP contribution in [0.4, 0.5) is 0 Å². The monoisotopic (exact) mass is 766 g/mol. The van der Waals surface area contributed by atoms with Crippen LogP contribution in [0.5, 0.6) is 11.5 Å². The summed E-state index contributed by atoms with van der Waals surface area (Å²) in [5.74, 6) is -0.780. The third-order valence-electron chi connectivity index (χ3n) is 9.37. The summed E-state index contributed by atoms with van der Waals surface area (Å²) >= 11 is 0. The van der Waals surface area contributed by atoms with Gasteiger partial charge in [-0.2, -0.15) is 0 Å². The number of nitrogens with one attached hydrogen (secondary N) is 4. The van der Waals surface area contributed by atoms with Crippen molar-refractivity contribution < 1.29 is 43.3 Å². The molecule has 2 aliphatic heterocycles. The number of hydrogen-bond acceptors (Lipinski definition) is 9. The number of methoxy groups -OCH3 is 1. The van der Waals surface area contributed by atoms with E-state index >= 15 is 0 Å². The number of nitrogens with two attached hydrogens (primary N) is 1. The first-order valence-corrected chi connectivity index (χ1v) is 18.8. The predicted molar refractivity (Wildman–Crippen MR) is 206 cm³/mol. The molecule has 5 amide bonds. The molecule has 7 N–H and O–H groups in total. The Balaban J connectivity index is 0.00000262. The largest absolute Gasteiger partial charge is 0.497 e. The van der Waals surface area contributed by atoms with Gasteiger partial charge in [-0.15, -0.1) is 0 Å². The van der Waals surface area contributed by atoms with Gasteiger partial charge in [-0.1, -0.05) is 52.0 Å². The molecule has 2 aromatic rings. The van der Waals surface area contributed by atoms with Crippen molar-refractivity contribution in [3.8, 4) is 11.5 Å². The third kappa shape index (κ3) is 14.9. The van der Waals surface area contributed by atoms with Gasteiger partial charge in [-0.3, -0.25) is 28.8 Å². The van der Waals surface area contributed by atoms with E-state index in [4.69, 9.17) is 25.1 Å². The van der Waals surface area contributed by atoms with Crippen molar-refractivity contribution in [3.05, 3.63) is 59.7 Å². The maximum absolute atomic E-state index is 14.0. The predicted octanol–water partition coefficient (Wildman–Crippen LogP) is 1.80. The van der Waals surface area contributed by atoms with Crippen molar-refractivity contribution in [2.45, 2.75) is 96.9 Å². The molecule has 2 bridgehead atoms. The molecule has 0 unspecified atom stereocenters. The maximum Gasteiger partial charge on any atom is 0.290 e. The van der Waals surface area contributed by atoms with Gasteiger partial charge in [0.1, 0.15) is 36.2 Å². The van der Waals surface area contributed by atoms with Crippen LogP contribution in [0.2, 0.25) is 0 Å². The summed E-state index contributed by atoms with van der Waals surface area (Å²) in [6.07, 6.45) is 2.79. The van der Waals surface area contributed by atoms with Crippen LogP contribution < -0.4 is 36.5 Å². The number of amides is 5. The first-order chi connectivity index (χ1) is 26.1. The molecule has 2 heterocycles. The van der Waals surface area contributed by atoms with E-state index in [1.807, 2.05) is 26.0 Å². The Kier molecular flexibility index (Phi) is 17.4. The summed E-state index contributed by atoms with van der Waals surface area (Å²) < 4.78 is 11.4. The number of carbonyl (C=O) groups is 6. The van der Waals surface area contributed by atoms with Crippen molar-refractivity contribution in [2.75, 3.05) is 26.8 Å². The van der Waals surface area contributed by atoms with Gasteiger partial charge in [0.15, 0.2) is 0 Å². The van der Waals surface area contributed by atoms with E-state index in [9.17, 15) is 24.0 Å². The molecule has 1 fully saturated rings. The lowest BCUT2D eigenvalue weighted by atomic mass is 10.0. The molecule has 0 spiro atoms. The zero-order chi connectivity index (χ0) is 40.7. The Morgan fingerprint density at radius 3 is 2.20 bits per heavy atom. The molecule has 5 rings (SSSR count). The van der Waals surface area contributed by atoms with Crippen LogP contribution in [0.15, 0.2) is 48.5 Å². The number of benzene rings is 2. The maximum atomic E-state index is 14.0. The van der Waals surface area contributed by atoms with E-state index in [-0.39, 0.29) is 56.3 Å². The molecule has 0 aromatic heterocycles. The fraction of sp³-hybridized carbons (Fsp3) is 0.550. The van der Waals surface area contributed by atoms with E-state index < -0.39 is 47.8 Å². The number of ether oxygens (including phenoxy) is 2. The van der Waals surface area contributed by atoms with Gasteiger partial charge in [0.25, 0.3) is 6.47 Å². The quantitative estimate of drug-likeness (QED) is 0.152. The summed E-state index contributed by atoms with van der Waals surface area (Å²) in [5, 5.41) is 18.4. The number of nitrogens with zero attached hydrogens (tertiary/aromatic N) is 1. The molecular weight excluding hydrogens is 708 g/mol. The Hall–Kier alpha value is -5.18. The lowest BCUT2D eigenvalue weighted by molar-refractivity contribution is -0.140. The lowest BCUT2D eigenvalue weighted by Crippen LogP contribution is -2.59. The minimum atomic E-state index is -1.12. The standard InChI is InChI=1S/C39H56N6O7.CH2O2/c1-23(2)17-29-22-52-31-15-11-27(12-16-31)19-33(44-38(49)35(40)24(3)4)37(48)43-32(18-26-9-13-30(51-6)14-10-26)36(47)41-25(5)39(50)45(20-28-7-8-28)21-34(46)42-29;2-1-3/h9-16,23-25,28-29,32-33,35H,7-8,17-22,40H2,1-6H3,(H,41,47)(H,42,46)(H,43,48)(H,44,49);1H,(H,2,3)/t25-,29+,32+,33+,35-;/m1./s1. The van der Waals surface area contributed by atoms with Crippen molar-refractivity contribution in [1.29, 1.82) is 0 Å². The molecule has 0 radical (unpaired) electrons. The average Bonchev–Trinajstić information content (AvgIpc) is 3.97. The van der Waals surface area contributed by atoms with E-state index in [0.717, 1.165) is 24.0 Å². The second-order valence-electron chi connectivity index (χ2n) is 15.0. The summed E-state index contributed by atoms with van der Waals surface area (Å²) in [7, 11) is 1.55. The van der Waals surface area contributed by atoms with E-state index in [1.54, 1.807) is 50.4 Å². The zero-order valence-electron chi connectivity index (χ0n) is 32.7. The molecule has 0 saturated heterocycles. The van der Waals surface area contributed by atoms with Gasteiger partial charge in [0.05, 0.1) is 25.7 Å². The smallest absolute Gasteiger partial charge is 0.290 e. The van der Waals surface area contributed by atoms with Crippen molar-refractivity contribution in [3.63, 3.8) is 0 Å². The molecule has 2 aromatic carbocycles. The molecule has 1 aliphatic carbocycles. The van der Waals surface area contributed by atoms with E-state index in [0.29, 0.717) is 30.4 Å².